The van der Waals surface area contributed by atoms with Gasteiger partial charge in [-0.05, 0) is 13.8 Å². The molecular weight excluding hydrogens is 173 g/mol. The zero-order valence-electron chi connectivity index (χ0n) is 6.73. The lowest BCUT2D eigenvalue weighted by molar-refractivity contribution is -0.255. The Kier molecular flexibility index (Phi) is 2.90. The zero-order chi connectivity index (χ0) is 9.99. The summed E-state index contributed by atoms with van der Waals surface area (Å²) in [6.07, 6.45) is -3.88. The second-order valence-electron chi connectivity index (χ2n) is 2.63. The first-order valence-electron chi connectivity index (χ1n) is 3.13. The van der Waals surface area contributed by atoms with Crippen molar-refractivity contribution in [3.8, 4) is 0 Å². The summed E-state index contributed by atoms with van der Waals surface area (Å²) in [6, 6.07) is 0. The van der Waals surface area contributed by atoms with E-state index in [1.54, 1.807) is 0 Å². The molecule has 0 fully saturated rings. The van der Waals surface area contributed by atoms with Gasteiger partial charge in [-0.2, -0.15) is 13.2 Å². The van der Waals surface area contributed by atoms with Gasteiger partial charge in [0, 0.05) is 6.08 Å². The van der Waals surface area contributed by atoms with E-state index in [0.717, 1.165) is 13.8 Å². The Morgan fingerprint density at radius 1 is 1.42 bits per heavy atom. The molecule has 0 N–H and O–H groups in total. The second-order valence-corrected chi connectivity index (χ2v) is 2.63. The number of alkyl halides is 3. The van der Waals surface area contributed by atoms with Crippen LogP contribution in [-0.4, -0.2) is 17.7 Å². The van der Waals surface area contributed by atoms with Gasteiger partial charge in [-0.3, -0.25) is 0 Å². The van der Waals surface area contributed by atoms with Crippen LogP contribution in [0.1, 0.15) is 13.8 Å². The van der Waals surface area contributed by atoms with Crippen molar-refractivity contribution in [2.24, 2.45) is 0 Å². The zero-order valence-corrected chi connectivity index (χ0v) is 6.73. The summed E-state index contributed by atoms with van der Waals surface area (Å²) >= 11 is 0. The van der Waals surface area contributed by atoms with Gasteiger partial charge in [0.1, 0.15) is 0 Å². The van der Waals surface area contributed by atoms with Crippen molar-refractivity contribution >= 4 is 5.97 Å². The number of hydrogen-bond acceptors (Lipinski definition) is 2. The molecule has 0 aromatic carbocycles. The maximum Gasteiger partial charge on any atom is 0.427 e. The molecule has 0 aliphatic heterocycles. The summed E-state index contributed by atoms with van der Waals surface area (Å²) < 4.78 is 40.1. The van der Waals surface area contributed by atoms with Gasteiger partial charge in [-0.1, -0.05) is 6.58 Å². The average molecular weight is 182 g/mol. The van der Waals surface area contributed by atoms with E-state index in [-0.39, 0.29) is 0 Å². The Labute approximate surface area is 68.0 Å². The van der Waals surface area contributed by atoms with Crippen LogP contribution in [-0.2, 0) is 9.53 Å². The molecule has 0 atom stereocenters. The third-order valence-electron chi connectivity index (χ3n) is 1.21. The van der Waals surface area contributed by atoms with Crippen LogP contribution in [0.5, 0.6) is 0 Å². The molecule has 0 spiro atoms. The number of rotatable bonds is 2. The van der Waals surface area contributed by atoms with Gasteiger partial charge in [0.25, 0.3) is 0 Å². The molecule has 70 valence electrons. The van der Waals surface area contributed by atoms with E-state index < -0.39 is 17.7 Å². The molecule has 0 unspecified atom stereocenters. The first-order valence-corrected chi connectivity index (χ1v) is 3.13. The predicted octanol–water partition coefficient (Wildman–Crippen LogP) is 2.06. The quantitative estimate of drug-likeness (QED) is 0.482. The standard InChI is InChI=1S/C7H9F3O2/c1-4-5(11)12-6(2,3)7(8,9)10/h4H,1H2,2-3H3. The number of carbonyl (C=O) groups is 1. The SMILES string of the molecule is C=CC(=O)OC(C)(C)C(F)(F)F. The summed E-state index contributed by atoms with van der Waals surface area (Å²) in [5, 5.41) is 0. The first kappa shape index (κ1) is 11.0. The van der Waals surface area contributed by atoms with E-state index in [2.05, 4.69) is 11.3 Å². The fraction of sp³-hybridized carbons (Fsp3) is 0.571. The normalized spacial score (nSPS) is 12.4. The lowest BCUT2D eigenvalue weighted by atomic mass is 10.1. The average Bonchev–Trinajstić information content (AvgIpc) is 1.84. The van der Waals surface area contributed by atoms with Gasteiger partial charge in [0.2, 0.25) is 5.60 Å². The molecule has 5 heteroatoms. The van der Waals surface area contributed by atoms with Crippen LogP contribution in [0, 0.1) is 0 Å². The van der Waals surface area contributed by atoms with E-state index in [1.165, 1.54) is 0 Å². The minimum absolute atomic E-state index is 0.688. The first-order chi connectivity index (χ1) is 5.20. The van der Waals surface area contributed by atoms with Gasteiger partial charge in [0.15, 0.2) is 0 Å². The summed E-state index contributed by atoms with van der Waals surface area (Å²) in [5.41, 5.74) is -2.46. The highest BCUT2D eigenvalue weighted by molar-refractivity contribution is 5.81. The lowest BCUT2D eigenvalue weighted by Crippen LogP contribution is -2.43. The van der Waals surface area contributed by atoms with Crippen molar-refractivity contribution in [1.82, 2.24) is 0 Å². The van der Waals surface area contributed by atoms with E-state index in [0.29, 0.717) is 6.08 Å². The molecule has 0 bridgehead atoms. The predicted molar refractivity (Wildman–Crippen MR) is 36.4 cm³/mol. The summed E-state index contributed by atoms with van der Waals surface area (Å²) in [4.78, 5) is 10.4. The molecule has 0 amide bonds. The number of carbonyl (C=O) groups excluding carboxylic acids is 1. The Hall–Kier alpha value is -1.00. The van der Waals surface area contributed by atoms with Gasteiger partial charge >= 0.3 is 12.1 Å². The third-order valence-corrected chi connectivity index (χ3v) is 1.21. The molecule has 0 radical (unpaired) electrons. The van der Waals surface area contributed by atoms with E-state index >= 15 is 0 Å². The highest BCUT2D eigenvalue weighted by Gasteiger charge is 2.50. The third kappa shape index (κ3) is 2.56. The highest BCUT2D eigenvalue weighted by atomic mass is 19.4. The maximum atomic E-state index is 12.0. The smallest absolute Gasteiger partial charge is 0.427 e. The largest absolute Gasteiger partial charge is 0.447 e. The molecular formula is C7H9F3O2. The molecule has 0 heterocycles. The molecule has 0 aliphatic carbocycles. The van der Waals surface area contributed by atoms with Gasteiger partial charge in [-0.25, -0.2) is 4.79 Å². The van der Waals surface area contributed by atoms with Crippen LogP contribution < -0.4 is 0 Å². The Balaban J connectivity index is 4.43. The molecule has 0 saturated carbocycles. The highest BCUT2D eigenvalue weighted by Crippen LogP contribution is 2.32. The number of ether oxygens (including phenoxy) is 1. The maximum absolute atomic E-state index is 12.0. The fourth-order valence-corrected chi connectivity index (χ4v) is 0.351. The van der Waals surface area contributed by atoms with Crippen LogP contribution in [0.2, 0.25) is 0 Å². The molecule has 0 aromatic heterocycles. The molecule has 0 rings (SSSR count). The molecule has 2 nitrogen and oxygen atoms in total. The van der Waals surface area contributed by atoms with Crippen molar-refractivity contribution in [3.05, 3.63) is 12.7 Å². The molecule has 12 heavy (non-hydrogen) atoms. The molecule has 0 aliphatic rings. The summed E-state index contributed by atoms with van der Waals surface area (Å²) in [5.74, 6) is -1.09. The van der Waals surface area contributed by atoms with E-state index in [9.17, 15) is 18.0 Å². The molecule has 0 saturated heterocycles. The van der Waals surface area contributed by atoms with Crippen LogP contribution in [0.25, 0.3) is 0 Å². The van der Waals surface area contributed by atoms with Crippen molar-refractivity contribution in [2.45, 2.75) is 25.6 Å². The second kappa shape index (κ2) is 3.16. The Bertz CT molecular complexity index is 193. The van der Waals surface area contributed by atoms with E-state index in [1.807, 2.05) is 0 Å². The Morgan fingerprint density at radius 3 is 2.08 bits per heavy atom. The lowest BCUT2D eigenvalue weighted by Gasteiger charge is -2.26. The van der Waals surface area contributed by atoms with Crippen molar-refractivity contribution in [3.63, 3.8) is 0 Å². The summed E-state index contributed by atoms with van der Waals surface area (Å²) in [7, 11) is 0. The number of hydrogen-bond donors (Lipinski definition) is 0. The van der Waals surface area contributed by atoms with Crippen LogP contribution >= 0.6 is 0 Å². The van der Waals surface area contributed by atoms with Crippen molar-refractivity contribution in [2.75, 3.05) is 0 Å². The minimum atomic E-state index is -4.56. The van der Waals surface area contributed by atoms with Gasteiger partial charge in [0.05, 0.1) is 0 Å². The van der Waals surface area contributed by atoms with Crippen molar-refractivity contribution in [1.29, 1.82) is 0 Å². The monoisotopic (exact) mass is 182 g/mol. The number of esters is 1. The van der Waals surface area contributed by atoms with E-state index in [4.69, 9.17) is 0 Å². The summed E-state index contributed by atoms with van der Waals surface area (Å²) in [6.45, 7) is 4.53. The van der Waals surface area contributed by atoms with Gasteiger partial charge in [-0.15, -0.1) is 0 Å². The van der Waals surface area contributed by atoms with Crippen LogP contribution in [0.4, 0.5) is 13.2 Å². The topological polar surface area (TPSA) is 26.3 Å². The Morgan fingerprint density at radius 2 is 1.83 bits per heavy atom. The minimum Gasteiger partial charge on any atom is -0.447 e. The molecule has 0 aromatic rings. The number of halogens is 3. The van der Waals surface area contributed by atoms with Crippen molar-refractivity contribution < 1.29 is 22.7 Å². The van der Waals surface area contributed by atoms with Gasteiger partial charge < -0.3 is 4.74 Å². The van der Waals surface area contributed by atoms with Crippen LogP contribution in [0.15, 0.2) is 12.7 Å². The van der Waals surface area contributed by atoms with Crippen LogP contribution in [0.3, 0.4) is 0 Å². The fourth-order valence-electron chi connectivity index (χ4n) is 0.351.